The normalized spacial score (nSPS) is 17.4. The van der Waals surface area contributed by atoms with Gasteiger partial charge in [0.15, 0.2) is 0 Å². The lowest BCUT2D eigenvalue weighted by Crippen LogP contribution is -2.28. The molecule has 1 aliphatic rings. The van der Waals surface area contributed by atoms with Gasteiger partial charge in [-0.15, -0.1) is 0 Å². The van der Waals surface area contributed by atoms with Gasteiger partial charge in [-0.05, 0) is 37.6 Å². The second-order valence-corrected chi connectivity index (χ2v) is 6.05. The van der Waals surface area contributed by atoms with Crippen molar-refractivity contribution < 1.29 is 9.59 Å². The minimum atomic E-state index is -0.316. The molecule has 2 amide bonds. The molecule has 1 atom stereocenters. The summed E-state index contributed by atoms with van der Waals surface area (Å²) < 4.78 is 0. The van der Waals surface area contributed by atoms with Crippen LogP contribution in [-0.2, 0) is 9.59 Å². The summed E-state index contributed by atoms with van der Waals surface area (Å²) in [5, 5.41) is 2.95. The molecule has 0 saturated carbocycles. The quantitative estimate of drug-likeness (QED) is 0.946. The van der Waals surface area contributed by atoms with E-state index in [0.29, 0.717) is 6.54 Å². The Morgan fingerprint density at radius 2 is 1.87 bits per heavy atom. The van der Waals surface area contributed by atoms with Crippen molar-refractivity contribution in [2.45, 2.75) is 20.3 Å². The Kier molecular flexibility index (Phi) is 4.15. The second kappa shape index (κ2) is 6.24. The zero-order chi connectivity index (χ0) is 16.4. The Morgan fingerprint density at radius 3 is 2.57 bits per heavy atom. The number of amides is 2. The average molecular weight is 308 g/mol. The zero-order valence-electron chi connectivity index (χ0n) is 13.4. The van der Waals surface area contributed by atoms with Gasteiger partial charge in [0.25, 0.3) is 0 Å². The van der Waals surface area contributed by atoms with Crippen LogP contribution in [0, 0.1) is 19.8 Å². The molecule has 1 fully saturated rings. The van der Waals surface area contributed by atoms with Gasteiger partial charge in [0.05, 0.1) is 5.92 Å². The van der Waals surface area contributed by atoms with Crippen molar-refractivity contribution in [3.63, 3.8) is 0 Å². The maximum absolute atomic E-state index is 12.5. The summed E-state index contributed by atoms with van der Waals surface area (Å²) in [4.78, 5) is 26.4. The second-order valence-electron chi connectivity index (χ2n) is 6.05. The molecule has 118 valence electrons. The molecule has 4 heteroatoms. The first-order valence-corrected chi connectivity index (χ1v) is 7.78. The van der Waals surface area contributed by atoms with E-state index >= 15 is 0 Å². The molecule has 1 aliphatic heterocycles. The summed E-state index contributed by atoms with van der Waals surface area (Å²) in [5.74, 6) is -0.413. The topological polar surface area (TPSA) is 49.4 Å². The van der Waals surface area contributed by atoms with Crippen molar-refractivity contribution in [3.8, 4) is 0 Å². The molecule has 4 nitrogen and oxygen atoms in total. The summed E-state index contributed by atoms with van der Waals surface area (Å²) in [7, 11) is 0. The molecule has 0 bridgehead atoms. The molecule has 1 N–H and O–H groups in total. The maximum Gasteiger partial charge on any atom is 0.229 e. The molecule has 1 saturated heterocycles. The number of para-hydroxylation sites is 1. The van der Waals surface area contributed by atoms with Gasteiger partial charge < -0.3 is 10.2 Å². The lowest BCUT2D eigenvalue weighted by molar-refractivity contribution is -0.122. The van der Waals surface area contributed by atoms with E-state index in [0.717, 1.165) is 22.5 Å². The average Bonchev–Trinajstić information content (AvgIpc) is 2.93. The lowest BCUT2D eigenvalue weighted by atomic mass is 10.1. The van der Waals surface area contributed by atoms with Crippen LogP contribution in [0.2, 0.25) is 0 Å². The molecule has 2 aromatic rings. The van der Waals surface area contributed by atoms with E-state index in [1.807, 2.05) is 62.4 Å². The molecule has 0 aliphatic carbocycles. The van der Waals surface area contributed by atoms with Crippen molar-refractivity contribution in [2.75, 3.05) is 16.8 Å². The van der Waals surface area contributed by atoms with E-state index < -0.39 is 0 Å². The number of rotatable bonds is 3. The van der Waals surface area contributed by atoms with Gasteiger partial charge in [-0.2, -0.15) is 0 Å². The molecule has 1 heterocycles. The number of hydrogen-bond acceptors (Lipinski definition) is 2. The van der Waals surface area contributed by atoms with Crippen LogP contribution in [0.1, 0.15) is 17.5 Å². The largest absolute Gasteiger partial charge is 0.326 e. The Morgan fingerprint density at radius 1 is 1.13 bits per heavy atom. The summed E-state index contributed by atoms with van der Waals surface area (Å²) in [6, 6.07) is 15.4. The fourth-order valence-corrected chi connectivity index (χ4v) is 2.93. The Balaban J connectivity index is 1.71. The van der Waals surface area contributed by atoms with Gasteiger partial charge in [0.1, 0.15) is 0 Å². The van der Waals surface area contributed by atoms with Crippen molar-refractivity contribution in [1.82, 2.24) is 0 Å². The van der Waals surface area contributed by atoms with Gasteiger partial charge in [-0.25, -0.2) is 0 Å². The van der Waals surface area contributed by atoms with Crippen LogP contribution in [0.3, 0.4) is 0 Å². The van der Waals surface area contributed by atoms with Crippen LogP contribution in [0.5, 0.6) is 0 Å². The molecule has 0 radical (unpaired) electrons. The third-order valence-electron chi connectivity index (χ3n) is 4.20. The van der Waals surface area contributed by atoms with Gasteiger partial charge in [0.2, 0.25) is 11.8 Å². The van der Waals surface area contributed by atoms with Crippen LogP contribution in [0.15, 0.2) is 48.5 Å². The Bertz CT molecular complexity index is 740. The number of carbonyl (C=O) groups is 2. The van der Waals surface area contributed by atoms with Gasteiger partial charge in [-0.3, -0.25) is 9.59 Å². The van der Waals surface area contributed by atoms with Crippen molar-refractivity contribution >= 4 is 23.2 Å². The first kappa shape index (κ1) is 15.3. The number of carbonyl (C=O) groups excluding carboxylic acids is 2. The first-order valence-electron chi connectivity index (χ1n) is 7.78. The smallest absolute Gasteiger partial charge is 0.229 e. The zero-order valence-corrected chi connectivity index (χ0v) is 13.4. The number of anilines is 2. The molecule has 0 aromatic heterocycles. The third-order valence-corrected chi connectivity index (χ3v) is 4.20. The van der Waals surface area contributed by atoms with Crippen LogP contribution in [-0.4, -0.2) is 18.4 Å². The minimum Gasteiger partial charge on any atom is -0.326 e. The highest BCUT2D eigenvalue weighted by Crippen LogP contribution is 2.26. The standard InChI is InChI=1S/C19H20N2O2/c1-13-8-9-17(14(2)10-13)20-19(23)15-11-18(22)21(12-15)16-6-4-3-5-7-16/h3-10,15H,11-12H2,1-2H3,(H,20,23)/t15-/m0/s1. The van der Waals surface area contributed by atoms with E-state index in [2.05, 4.69) is 5.32 Å². The highest BCUT2D eigenvalue weighted by atomic mass is 16.2. The predicted octanol–water partition coefficient (Wildman–Crippen LogP) is 3.30. The minimum absolute atomic E-state index is 0.00280. The van der Waals surface area contributed by atoms with Gasteiger partial charge in [0, 0.05) is 24.3 Å². The van der Waals surface area contributed by atoms with E-state index in [4.69, 9.17) is 0 Å². The van der Waals surface area contributed by atoms with E-state index in [1.54, 1.807) is 4.90 Å². The molecule has 23 heavy (non-hydrogen) atoms. The highest BCUT2D eigenvalue weighted by Gasteiger charge is 2.35. The number of nitrogens with zero attached hydrogens (tertiary/aromatic N) is 1. The third kappa shape index (κ3) is 3.26. The number of benzene rings is 2. The van der Waals surface area contributed by atoms with E-state index in [9.17, 15) is 9.59 Å². The number of aryl methyl sites for hydroxylation is 2. The summed E-state index contributed by atoms with van der Waals surface area (Å²) in [6.07, 6.45) is 0.256. The highest BCUT2D eigenvalue weighted by molar-refractivity contribution is 6.03. The van der Waals surface area contributed by atoms with Gasteiger partial charge in [-0.1, -0.05) is 35.9 Å². The Labute approximate surface area is 136 Å². The fraction of sp³-hybridized carbons (Fsp3) is 0.263. The van der Waals surface area contributed by atoms with Crippen LogP contribution < -0.4 is 10.2 Å². The van der Waals surface area contributed by atoms with Crippen molar-refractivity contribution in [3.05, 3.63) is 59.7 Å². The van der Waals surface area contributed by atoms with Gasteiger partial charge >= 0.3 is 0 Å². The molecule has 0 unspecified atom stereocenters. The van der Waals surface area contributed by atoms with E-state index in [1.165, 1.54) is 0 Å². The number of nitrogens with one attached hydrogen (secondary N) is 1. The van der Waals surface area contributed by atoms with Crippen molar-refractivity contribution in [1.29, 1.82) is 0 Å². The fourth-order valence-electron chi connectivity index (χ4n) is 2.93. The molecular weight excluding hydrogens is 288 g/mol. The molecular formula is C19H20N2O2. The van der Waals surface area contributed by atoms with Crippen LogP contribution in [0.4, 0.5) is 11.4 Å². The Hall–Kier alpha value is -2.62. The van der Waals surface area contributed by atoms with Crippen LogP contribution in [0.25, 0.3) is 0 Å². The number of hydrogen-bond donors (Lipinski definition) is 1. The van der Waals surface area contributed by atoms with Crippen LogP contribution >= 0.6 is 0 Å². The monoisotopic (exact) mass is 308 g/mol. The summed E-state index contributed by atoms with van der Waals surface area (Å²) in [5.41, 5.74) is 3.85. The SMILES string of the molecule is Cc1ccc(NC(=O)[C@H]2CC(=O)N(c3ccccc3)C2)c(C)c1. The predicted molar refractivity (Wildman–Crippen MR) is 91.4 cm³/mol. The summed E-state index contributed by atoms with van der Waals surface area (Å²) >= 11 is 0. The van der Waals surface area contributed by atoms with E-state index in [-0.39, 0.29) is 24.2 Å². The molecule has 0 spiro atoms. The molecule has 2 aromatic carbocycles. The molecule has 3 rings (SSSR count). The first-order chi connectivity index (χ1) is 11.0. The maximum atomic E-state index is 12.5. The lowest BCUT2D eigenvalue weighted by Gasteiger charge is -2.17. The summed E-state index contributed by atoms with van der Waals surface area (Å²) in [6.45, 7) is 4.42. The van der Waals surface area contributed by atoms with Crippen molar-refractivity contribution in [2.24, 2.45) is 5.92 Å².